The summed E-state index contributed by atoms with van der Waals surface area (Å²) in [5, 5.41) is 6.84. The Hall–Kier alpha value is -1.24. The van der Waals surface area contributed by atoms with Crippen LogP contribution >= 0.6 is 24.0 Å². The lowest BCUT2D eigenvalue weighted by Gasteiger charge is -2.17. The molecule has 0 amide bonds. The van der Waals surface area contributed by atoms with E-state index in [1.54, 1.807) is 0 Å². The summed E-state index contributed by atoms with van der Waals surface area (Å²) >= 11 is 0. The van der Waals surface area contributed by atoms with Crippen molar-refractivity contribution in [3.8, 4) is 5.75 Å². The number of guanidine groups is 1. The van der Waals surface area contributed by atoms with Crippen LogP contribution < -0.4 is 15.4 Å². The number of hydrogen-bond acceptors (Lipinski definition) is 2. The van der Waals surface area contributed by atoms with E-state index in [-0.39, 0.29) is 24.0 Å². The first-order valence-corrected chi connectivity index (χ1v) is 7.72. The summed E-state index contributed by atoms with van der Waals surface area (Å²) in [6.45, 7) is 1.71. The van der Waals surface area contributed by atoms with Gasteiger partial charge in [0.25, 0.3) is 0 Å². The van der Waals surface area contributed by atoms with Crippen molar-refractivity contribution >= 4 is 29.9 Å². The van der Waals surface area contributed by atoms with Crippen molar-refractivity contribution in [2.24, 2.45) is 4.99 Å². The van der Waals surface area contributed by atoms with Crippen molar-refractivity contribution < 1.29 is 4.74 Å². The minimum absolute atomic E-state index is 0. The van der Waals surface area contributed by atoms with Crippen LogP contribution in [-0.2, 0) is 12.8 Å². The predicted molar refractivity (Wildman–Crippen MR) is 101 cm³/mol. The molecular formula is C17H24IN3O. The average molecular weight is 413 g/mol. The number of nitrogens with one attached hydrogen (secondary N) is 2. The summed E-state index contributed by atoms with van der Waals surface area (Å²) in [6, 6.07) is 7.01. The second-order valence-corrected chi connectivity index (χ2v) is 5.57. The molecule has 0 spiro atoms. The lowest BCUT2D eigenvalue weighted by molar-refractivity contribution is 0.357. The Morgan fingerprint density at radius 2 is 2.14 bits per heavy atom. The molecule has 0 bridgehead atoms. The topological polar surface area (TPSA) is 45.7 Å². The van der Waals surface area contributed by atoms with Gasteiger partial charge in [-0.1, -0.05) is 24.3 Å². The van der Waals surface area contributed by atoms with Crippen LogP contribution in [0.15, 0.2) is 35.3 Å². The van der Waals surface area contributed by atoms with Crippen LogP contribution in [0, 0.1) is 0 Å². The molecule has 0 saturated heterocycles. The molecule has 0 saturated carbocycles. The molecule has 0 aromatic heterocycles. The van der Waals surface area contributed by atoms with Crippen LogP contribution in [0.1, 0.15) is 24.0 Å². The van der Waals surface area contributed by atoms with Crippen LogP contribution in [0.4, 0.5) is 0 Å². The number of ether oxygens (including phenoxy) is 1. The summed E-state index contributed by atoms with van der Waals surface area (Å²) in [6.07, 6.45) is 8.65. The van der Waals surface area contributed by atoms with Gasteiger partial charge in [-0.15, -0.1) is 24.0 Å². The largest absolute Gasteiger partial charge is 0.493 e. The van der Waals surface area contributed by atoms with Gasteiger partial charge in [-0.05, 0) is 36.5 Å². The van der Waals surface area contributed by atoms with Gasteiger partial charge in [0.15, 0.2) is 5.96 Å². The highest BCUT2D eigenvalue weighted by atomic mass is 127. The molecule has 3 rings (SSSR count). The minimum Gasteiger partial charge on any atom is -0.493 e. The fraction of sp³-hybridized carbons (Fsp3) is 0.471. The zero-order valence-corrected chi connectivity index (χ0v) is 15.3. The fourth-order valence-electron chi connectivity index (χ4n) is 2.84. The van der Waals surface area contributed by atoms with Crippen molar-refractivity contribution in [2.75, 3.05) is 20.2 Å². The van der Waals surface area contributed by atoms with Gasteiger partial charge < -0.3 is 15.4 Å². The van der Waals surface area contributed by atoms with E-state index in [4.69, 9.17) is 4.74 Å². The van der Waals surface area contributed by atoms with Gasteiger partial charge in [-0.25, -0.2) is 0 Å². The maximum atomic E-state index is 5.54. The van der Waals surface area contributed by atoms with E-state index in [1.807, 2.05) is 7.05 Å². The van der Waals surface area contributed by atoms with Gasteiger partial charge in [0, 0.05) is 26.1 Å². The lowest BCUT2D eigenvalue weighted by Crippen LogP contribution is -2.43. The second kappa shape index (κ2) is 8.41. The van der Waals surface area contributed by atoms with E-state index < -0.39 is 0 Å². The third-order valence-electron chi connectivity index (χ3n) is 4.03. The Balaban J connectivity index is 0.00000176. The monoisotopic (exact) mass is 413 g/mol. The summed E-state index contributed by atoms with van der Waals surface area (Å²) in [5.74, 6) is 1.95. The zero-order valence-electron chi connectivity index (χ0n) is 13.0. The molecule has 0 atom stereocenters. The molecule has 22 heavy (non-hydrogen) atoms. The number of rotatable bonds is 4. The van der Waals surface area contributed by atoms with Gasteiger partial charge in [-0.2, -0.15) is 0 Å². The molecule has 120 valence electrons. The first kappa shape index (κ1) is 17.1. The minimum atomic E-state index is 0. The molecule has 1 aliphatic heterocycles. The number of fused-ring (bicyclic) bond motifs is 1. The van der Waals surface area contributed by atoms with E-state index in [2.05, 4.69) is 46.0 Å². The van der Waals surface area contributed by atoms with Crippen molar-refractivity contribution in [1.29, 1.82) is 0 Å². The van der Waals surface area contributed by atoms with Crippen LogP contribution in [0.2, 0.25) is 0 Å². The van der Waals surface area contributed by atoms with Crippen molar-refractivity contribution in [1.82, 2.24) is 10.6 Å². The summed E-state index contributed by atoms with van der Waals surface area (Å²) in [4.78, 5) is 4.29. The van der Waals surface area contributed by atoms with Crippen LogP contribution in [-0.4, -0.2) is 32.2 Å². The normalized spacial score (nSPS) is 16.9. The van der Waals surface area contributed by atoms with Gasteiger partial charge in [0.1, 0.15) is 5.75 Å². The molecule has 4 nitrogen and oxygen atoms in total. The molecule has 0 radical (unpaired) electrons. The SMILES string of the molecule is CN=C(NCCc1ccc2c(c1)CCO2)NC1CC=CC1.I. The highest BCUT2D eigenvalue weighted by Gasteiger charge is 2.13. The van der Waals surface area contributed by atoms with E-state index in [1.165, 1.54) is 11.1 Å². The Labute approximate surface area is 149 Å². The third-order valence-corrected chi connectivity index (χ3v) is 4.03. The maximum absolute atomic E-state index is 5.54. The first-order valence-electron chi connectivity index (χ1n) is 7.72. The summed E-state index contributed by atoms with van der Waals surface area (Å²) in [7, 11) is 1.82. The number of benzene rings is 1. The highest BCUT2D eigenvalue weighted by Crippen LogP contribution is 2.25. The Bertz CT molecular complexity index is 549. The van der Waals surface area contributed by atoms with Gasteiger partial charge in [0.2, 0.25) is 0 Å². The van der Waals surface area contributed by atoms with Crippen molar-refractivity contribution in [3.63, 3.8) is 0 Å². The Morgan fingerprint density at radius 3 is 2.91 bits per heavy atom. The molecule has 1 heterocycles. The smallest absolute Gasteiger partial charge is 0.191 e. The Morgan fingerprint density at radius 1 is 1.32 bits per heavy atom. The quantitative estimate of drug-likeness (QED) is 0.345. The molecule has 5 heteroatoms. The van der Waals surface area contributed by atoms with Gasteiger partial charge >= 0.3 is 0 Å². The average Bonchev–Trinajstić information content (AvgIpc) is 3.16. The Kier molecular flexibility index (Phi) is 6.54. The molecule has 2 aliphatic rings. The van der Waals surface area contributed by atoms with E-state index >= 15 is 0 Å². The molecule has 0 unspecified atom stereocenters. The predicted octanol–water partition coefficient (Wildman–Crippen LogP) is 2.67. The number of aliphatic imine (C=N–C) groups is 1. The standard InChI is InChI=1S/C17H23N3O.HI/c1-18-17(20-15-4-2-3-5-15)19-10-8-13-6-7-16-14(12-13)9-11-21-16;/h2-3,6-7,12,15H,4-5,8-11H2,1H3,(H2,18,19,20);1H. The van der Waals surface area contributed by atoms with Crippen LogP contribution in [0.3, 0.4) is 0 Å². The number of halogens is 1. The van der Waals surface area contributed by atoms with Crippen LogP contribution in [0.25, 0.3) is 0 Å². The van der Waals surface area contributed by atoms with Crippen molar-refractivity contribution in [2.45, 2.75) is 31.7 Å². The highest BCUT2D eigenvalue weighted by molar-refractivity contribution is 14.0. The first-order chi connectivity index (χ1) is 10.3. The van der Waals surface area contributed by atoms with Crippen LogP contribution in [0.5, 0.6) is 5.75 Å². The lowest BCUT2D eigenvalue weighted by atomic mass is 10.1. The molecule has 1 aliphatic carbocycles. The summed E-state index contributed by atoms with van der Waals surface area (Å²) in [5.41, 5.74) is 2.69. The van der Waals surface area contributed by atoms with E-state index in [0.29, 0.717) is 6.04 Å². The van der Waals surface area contributed by atoms with Crippen molar-refractivity contribution in [3.05, 3.63) is 41.5 Å². The second-order valence-electron chi connectivity index (χ2n) is 5.57. The molecular weight excluding hydrogens is 389 g/mol. The van der Waals surface area contributed by atoms with Gasteiger partial charge in [-0.3, -0.25) is 4.99 Å². The molecule has 1 aromatic carbocycles. The maximum Gasteiger partial charge on any atom is 0.191 e. The molecule has 2 N–H and O–H groups in total. The van der Waals surface area contributed by atoms with Gasteiger partial charge in [0.05, 0.1) is 6.61 Å². The van der Waals surface area contributed by atoms with E-state index in [9.17, 15) is 0 Å². The fourth-order valence-corrected chi connectivity index (χ4v) is 2.84. The summed E-state index contributed by atoms with van der Waals surface area (Å²) < 4.78 is 5.54. The number of hydrogen-bond donors (Lipinski definition) is 2. The molecule has 0 fully saturated rings. The van der Waals surface area contributed by atoms with E-state index in [0.717, 1.165) is 50.5 Å². The number of nitrogens with zero attached hydrogens (tertiary/aromatic N) is 1. The molecule has 1 aromatic rings. The zero-order chi connectivity index (χ0) is 14.5. The third kappa shape index (κ3) is 4.38.